The molecular weight excluding hydrogens is 138 g/mol. The highest BCUT2D eigenvalue weighted by atomic mass is 15.2. The Balaban J connectivity index is 2.39. The van der Waals surface area contributed by atoms with Gasteiger partial charge in [-0.15, -0.1) is 0 Å². The average molecular weight is 149 g/mol. The van der Waals surface area contributed by atoms with Crippen LogP contribution in [-0.4, -0.2) is 4.98 Å². The maximum atomic E-state index is 5.37. The van der Waals surface area contributed by atoms with Crippen molar-refractivity contribution in [3.63, 3.8) is 0 Å². The number of hydrazine groups is 1. The van der Waals surface area contributed by atoms with E-state index in [4.69, 9.17) is 5.84 Å². The summed E-state index contributed by atoms with van der Waals surface area (Å²) in [6.45, 7) is 0. The molecule has 3 N–H and O–H groups in total. The van der Waals surface area contributed by atoms with Crippen LogP contribution in [0.3, 0.4) is 0 Å². The van der Waals surface area contributed by atoms with Crippen LogP contribution in [0.4, 0.5) is 0 Å². The number of nitrogens with one attached hydrogen (secondary N) is 1. The average Bonchev–Trinajstić information content (AvgIpc) is 2.47. The van der Waals surface area contributed by atoms with Crippen molar-refractivity contribution in [1.82, 2.24) is 10.4 Å². The van der Waals surface area contributed by atoms with Crippen molar-refractivity contribution < 1.29 is 0 Å². The summed E-state index contributed by atoms with van der Waals surface area (Å²) in [6.07, 6.45) is 5.94. The van der Waals surface area contributed by atoms with E-state index in [1.54, 1.807) is 0 Å². The van der Waals surface area contributed by atoms with Gasteiger partial charge in [0.15, 0.2) is 0 Å². The zero-order valence-electron chi connectivity index (χ0n) is 6.25. The van der Waals surface area contributed by atoms with E-state index in [1.165, 1.54) is 11.1 Å². The maximum Gasteiger partial charge on any atom is 0.0481 e. The largest absolute Gasteiger partial charge is 0.271 e. The van der Waals surface area contributed by atoms with Crippen LogP contribution < -0.4 is 11.3 Å². The van der Waals surface area contributed by atoms with Crippen molar-refractivity contribution in [3.05, 3.63) is 29.6 Å². The molecule has 1 aliphatic carbocycles. The molecule has 58 valence electrons. The van der Waals surface area contributed by atoms with Gasteiger partial charge in [0, 0.05) is 18.4 Å². The van der Waals surface area contributed by atoms with Crippen molar-refractivity contribution in [3.8, 4) is 0 Å². The van der Waals surface area contributed by atoms with Crippen LogP contribution in [0.1, 0.15) is 23.6 Å². The van der Waals surface area contributed by atoms with E-state index < -0.39 is 0 Å². The molecule has 1 aromatic heterocycles. The van der Waals surface area contributed by atoms with Gasteiger partial charge in [-0.25, -0.2) is 0 Å². The van der Waals surface area contributed by atoms with Gasteiger partial charge in [-0.05, 0) is 30.0 Å². The van der Waals surface area contributed by atoms with Gasteiger partial charge in [-0.3, -0.25) is 16.3 Å². The highest BCUT2D eigenvalue weighted by Crippen LogP contribution is 2.28. The van der Waals surface area contributed by atoms with E-state index >= 15 is 0 Å². The first-order chi connectivity index (χ1) is 5.42. The fraction of sp³-hybridized carbons (Fsp3) is 0.375. The molecule has 0 spiro atoms. The Labute approximate surface area is 65.6 Å². The summed E-state index contributed by atoms with van der Waals surface area (Å²) in [6, 6.07) is 2.38. The summed E-state index contributed by atoms with van der Waals surface area (Å²) in [7, 11) is 0. The third-order valence-electron chi connectivity index (χ3n) is 2.23. The third-order valence-corrected chi connectivity index (χ3v) is 2.23. The smallest absolute Gasteiger partial charge is 0.0481 e. The summed E-state index contributed by atoms with van der Waals surface area (Å²) < 4.78 is 0. The number of nitrogens with zero attached hydrogens (tertiary/aromatic N) is 1. The Hall–Kier alpha value is -0.930. The lowest BCUT2D eigenvalue weighted by Crippen LogP contribution is -2.26. The molecule has 1 unspecified atom stereocenters. The lowest BCUT2D eigenvalue weighted by Gasteiger charge is -2.07. The van der Waals surface area contributed by atoms with Gasteiger partial charge < -0.3 is 0 Å². The number of pyridine rings is 1. The molecule has 0 saturated carbocycles. The second-order valence-electron chi connectivity index (χ2n) is 2.83. The van der Waals surface area contributed by atoms with Gasteiger partial charge >= 0.3 is 0 Å². The third kappa shape index (κ3) is 1.02. The molecule has 0 fully saturated rings. The van der Waals surface area contributed by atoms with Crippen LogP contribution in [0.15, 0.2) is 18.5 Å². The van der Waals surface area contributed by atoms with Crippen LogP contribution in [0.2, 0.25) is 0 Å². The number of hydrogen-bond acceptors (Lipinski definition) is 3. The van der Waals surface area contributed by atoms with Crippen molar-refractivity contribution in [2.45, 2.75) is 18.9 Å². The molecule has 0 bridgehead atoms. The van der Waals surface area contributed by atoms with E-state index in [1.807, 2.05) is 12.4 Å². The van der Waals surface area contributed by atoms with Gasteiger partial charge in [-0.1, -0.05) is 0 Å². The van der Waals surface area contributed by atoms with Gasteiger partial charge in [0.05, 0.1) is 0 Å². The SMILES string of the molecule is NNC1CCc2ccncc21. The van der Waals surface area contributed by atoms with E-state index in [0.717, 1.165) is 12.8 Å². The number of aromatic nitrogens is 1. The highest BCUT2D eigenvalue weighted by Gasteiger charge is 2.20. The first-order valence-electron chi connectivity index (χ1n) is 3.80. The molecule has 1 aromatic rings. The minimum atomic E-state index is 0.318. The molecular formula is C8H11N3. The van der Waals surface area contributed by atoms with Crippen molar-refractivity contribution >= 4 is 0 Å². The highest BCUT2D eigenvalue weighted by molar-refractivity contribution is 5.31. The molecule has 0 aliphatic heterocycles. The Morgan fingerprint density at radius 2 is 2.55 bits per heavy atom. The second kappa shape index (κ2) is 2.60. The maximum absolute atomic E-state index is 5.37. The molecule has 0 radical (unpaired) electrons. The van der Waals surface area contributed by atoms with Gasteiger partial charge in [0.2, 0.25) is 0 Å². The van der Waals surface area contributed by atoms with E-state index in [2.05, 4.69) is 16.5 Å². The molecule has 1 heterocycles. The van der Waals surface area contributed by atoms with E-state index in [0.29, 0.717) is 6.04 Å². The Morgan fingerprint density at radius 1 is 1.64 bits per heavy atom. The van der Waals surface area contributed by atoms with Crippen molar-refractivity contribution in [2.24, 2.45) is 5.84 Å². The number of fused-ring (bicyclic) bond motifs is 1. The van der Waals surface area contributed by atoms with Crippen LogP contribution >= 0.6 is 0 Å². The molecule has 2 rings (SSSR count). The number of aryl methyl sites for hydroxylation is 1. The molecule has 1 aliphatic rings. The predicted octanol–water partition coefficient (Wildman–Crippen LogP) is 0.532. The Morgan fingerprint density at radius 3 is 3.36 bits per heavy atom. The quantitative estimate of drug-likeness (QED) is 0.452. The minimum absolute atomic E-state index is 0.318. The van der Waals surface area contributed by atoms with Crippen LogP contribution in [0, 0.1) is 0 Å². The Bertz CT molecular complexity index is 259. The fourth-order valence-corrected chi connectivity index (χ4v) is 1.61. The first kappa shape index (κ1) is 6.76. The van der Waals surface area contributed by atoms with Crippen LogP contribution in [0.5, 0.6) is 0 Å². The standard InChI is InChI=1S/C8H11N3/c9-11-8-2-1-6-3-4-10-5-7(6)8/h3-5,8,11H,1-2,9H2. The van der Waals surface area contributed by atoms with Crippen molar-refractivity contribution in [1.29, 1.82) is 0 Å². The lowest BCUT2D eigenvalue weighted by atomic mass is 10.1. The second-order valence-corrected chi connectivity index (χ2v) is 2.83. The fourth-order valence-electron chi connectivity index (χ4n) is 1.61. The molecule has 11 heavy (non-hydrogen) atoms. The lowest BCUT2D eigenvalue weighted by molar-refractivity contribution is 0.550. The summed E-state index contributed by atoms with van der Waals surface area (Å²) in [5, 5.41) is 0. The molecule has 0 amide bonds. The molecule has 0 saturated heterocycles. The predicted molar refractivity (Wildman–Crippen MR) is 42.6 cm³/mol. The Kier molecular flexibility index (Phi) is 1.60. The summed E-state index contributed by atoms with van der Waals surface area (Å²) in [5.41, 5.74) is 5.42. The van der Waals surface area contributed by atoms with E-state index in [-0.39, 0.29) is 0 Å². The zero-order valence-corrected chi connectivity index (χ0v) is 6.25. The summed E-state index contributed by atoms with van der Waals surface area (Å²) in [4.78, 5) is 4.06. The van der Waals surface area contributed by atoms with Crippen molar-refractivity contribution in [2.75, 3.05) is 0 Å². The van der Waals surface area contributed by atoms with Crippen LogP contribution in [0.25, 0.3) is 0 Å². The minimum Gasteiger partial charge on any atom is -0.271 e. The molecule has 1 atom stereocenters. The van der Waals surface area contributed by atoms with Gasteiger partial charge in [-0.2, -0.15) is 0 Å². The molecule has 3 heteroatoms. The topological polar surface area (TPSA) is 50.9 Å². The number of nitrogens with two attached hydrogens (primary N) is 1. The molecule has 3 nitrogen and oxygen atoms in total. The first-order valence-corrected chi connectivity index (χ1v) is 3.80. The van der Waals surface area contributed by atoms with Gasteiger partial charge in [0.25, 0.3) is 0 Å². The molecule has 0 aromatic carbocycles. The number of rotatable bonds is 1. The monoisotopic (exact) mass is 149 g/mol. The normalized spacial score (nSPS) is 21.7. The summed E-state index contributed by atoms with van der Waals surface area (Å²) >= 11 is 0. The van der Waals surface area contributed by atoms with Gasteiger partial charge in [0.1, 0.15) is 0 Å². The van der Waals surface area contributed by atoms with Crippen LogP contribution in [-0.2, 0) is 6.42 Å². The summed E-state index contributed by atoms with van der Waals surface area (Å²) in [5.74, 6) is 5.37. The zero-order chi connectivity index (χ0) is 7.68. The van der Waals surface area contributed by atoms with E-state index in [9.17, 15) is 0 Å². The number of hydrogen-bond donors (Lipinski definition) is 2.